The van der Waals surface area contributed by atoms with Crippen LogP contribution in [0, 0.1) is 0 Å². The number of likely N-dealkylation sites (tertiary alicyclic amines) is 1. The fourth-order valence-corrected chi connectivity index (χ4v) is 2.59. The van der Waals surface area contributed by atoms with Crippen LogP contribution in [0.3, 0.4) is 0 Å². The number of benzene rings is 1. The van der Waals surface area contributed by atoms with E-state index < -0.39 is 5.60 Å². The van der Waals surface area contributed by atoms with Crippen molar-refractivity contribution in [3.05, 3.63) is 47.6 Å². The Balaban J connectivity index is 1.56. The lowest BCUT2D eigenvalue weighted by Gasteiger charge is -2.34. The van der Waals surface area contributed by atoms with Crippen molar-refractivity contribution in [2.75, 3.05) is 13.1 Å². The van der Waals surface area contributed by atoms with Crippen molar-refractivity contribution in [3.8, 4) is 0 Å². The third-order valence-electron chi connectivity index (χ3n) is 4.01. The van der Waals surface area contributed by atoms with Gasteiger partial charge in [-0.25, -0.2) is 0 Å². The highest BCUT2D eigenvalue weighted by molar-refractivity contribution is 5.18. The second kappa shape index (κ2) is 5.95. The van der Waals surface area contributed by atoms with E-state index in [2.05, 4.69) is 27.2 Å². The summed E-state index contributed by atoms with van der Waals surface area (Å²) in [6, 6.07) is 10.1. The average Bonchev–Trinajstić information content (AvgIpc) is 2.90. The van der Waals surface area contributed by atoms with E-state index in [0.29, 0.717) is 18.9 Å². The molecule has 3 rings (SSSR count). The summed E-state index contributed by atoms with van der Waals surface area (Å²) in [6.45, 7) is 4.29. The zero-order chi connectivity index (χ0) is 14.7. The van der Waals surface area contributed by atoms with Gasteiger partial charge in [-0.1, -0.05) is 35.5 Å². The maximum atomic E-state index is 9.95. The third kappa shape index (κ3) is 3.89. The summed E-state index contributed by atoms with van der Waals surface area (Å²) in [5.74, 6) is 1.38. The number of nitrogens with zero attached hydrogens (tertiary/aromatic N) is 3. The van der Waals surface area contributed by atoms with E-state index >= 15 is 0 Å². The van der Waals surface area contributed by atoms with Gasteiger partial charge in [0.1, 0.15) is 0 Å². The molecule has 1 N–H and O–H groups in total. The maximum Gasteiger partial charge on any atom is 0.240 e. The van der Waals surface area contributed by atoms with Gasteiger partial charge in [0.05, 0.1) is 12.1 Å². The second-order valence-corrected chi connectivity index (χ2v) is 6.04. The summed E-state index contributed by atoms with van der Waals surface area (Å²) in [5.41, 5.74) is 0.656. The molecule has 2 aromatic rings. The van der Waals surface area contributed by atoms with Crippen LogP contribution in [0.5, 0.6) is 0 Å². The van der Waals surface area contributed by atoms with Gasteiger partial charge in [-0.2, -0.15) is 4.98 Å². The number of aromatic nitrogens is 2. The Labute approximate surface area is 124 Å². The topological polar surface area (TPSA) is 62.4 Å². The molecule has 5 nitrogen and oxygen atoms in total. The summed E-state index contributed by atoms with van der Waals surface area (Å²) in [7, 11) is 0. The fraction of sp³-hybridized carbons (Fsp3) is 0.500. The van der Waals surface area contributed by atoms with E-state index in [1.807, 2.05) is 25.1 Å². The van der Waals surface area contributed by atoms with Gasteiger partial charge in [-0.3, -0.25) is 4.90 Å². The van der Waals surface area contributed by atoms with E-state index in [4.69, 9.17) is 4.52 Å². The van der Waals surface area contributed by atoms with Gasteiger partial charge in [-0.05, 0) is 25.3 Å². The lowest BCUT2D eigenvalue weighted by atomic mass is 9.94. The number of rotatable bonds is 4. The molecule has 0 saturated carbocycles. The first-order chi connectivity index (χ1) is 10.1. The molecule has 2 heterocycles. The number of piperidine rings is 1. The predicted molar refractivity (Wildman–Crippen MR) is 78.7 cm³/mol. The Morgan fingerprint density at radius 3 is 2.67 bits per heavy atom. The summed E-state index contributed by atoms with van der Waals surface area (Å²) >= 11 is 0. The molecule has 1 aromatic heterocycles. The first-order valence-corrected chi connectivity index (χ1v) is 7.41. The molecule has 0 spiro atoms. The quantitative estimate of drug-likeness (QED) is 0.932. The normalized spacial score (nSPS) is 18.8. The molecular formula is C16H21N3O2. The predicted octanol–water partition coefficient (Wildman–Crippen LogP) is 2.01. The Kier molecular flexibility index (Phi) is 4.03. The van der Waals surface area contributed by atoms with Gasteiger partial charge in [0.15, 0.2) is 5.82 Å². The van der Waals surface area contributed by atoms with E-state index in [-0.39, 0.29) is 0 Å². The van der Waals surface area contributed by atoms with Gasteiger partial charge >= 0.3 is 0 Å². The lowest BCUT2D eigenvalue weighted by molar-refractivity contribution is -0.00944. The highest BCUT2D eigenvalue weighted by Crippen LogP contribution is 2.22. The van der Waals surface area contributed by atoms with Crippen molar-refractivity contribution in [1.29, 1.82) is 0 Å². The van der Waals surface area contributed by atoms with Crippen LogP contribution in [0.25, 0.3) is 0 Å². The van der Waals surface area contributed by atoms with Crippen LogP contribution >= 0.6 is 0 Å². The SMILES string of the molecule is CC1(O)CCN(Cc2nc(Cc3ccccc3)no2)CC1. The van der Waals surface area contributed by atoms with Crippen LogP contribution in [-0.4, -0.2) is 38.8 Å². The fourth-order valence-electron chi connectivity index (χ4n) is 2.59. The largest absolute Gasteiger partial charge is 0.390 e. The minimum absolute atomic E-state index is 0.524. The molecule has 1 aliphatic rings. The first-order valence-electron chi connectivity index (χ1n) is 7.41. The standard InChI is InChI=1S/C16H21N3O2/c1-16(20)7-9-19(10-8-16)12-15-17-14(18-21-15)11-13-5-3-2-4-6-13/h2-6,20H,7-12H2,1H3. The van der Waals surface area contributed by atoms with Crippen molar-refractivity contribution >= 4 is 0 Å². The smallest absolute Gasteiger partial charge is 0.240 e. The lowest BCUT2D eigenvalue weighted by Crippen LogP contribution is -2.42. The van der Waals surface area contributed by atoms with Crippen molar-refractivity contribution in [3.63, 3.8) is 0 Å². The minimum atomic E-state index is -0.524. The van der Waals surface area contributed by atoms with E-state index in [9.17, 15) is 5.11 Å². The van der Waals surface area contributed by atoms with Crippen LogP contribution in [0.15, 0.2) is 34.9 Å². The second-order valence-electron chi connectivity index (χ2n) is 6.04. The summed E-state index contributed by atoms with van der Waals surface area (Å²) < 4.78 is 5.33. The molecule has 0 aliphatic carbocycles. The van der Waals surface area contributed by atoms with Crippen molar-refractivity contribution in [2.24, 2.45) is 0 Å². The Morgan fingerprint density at radius 2 is 1.95 bits per heavy atom. The summed E-state index contributed by atoms with van der Waals surface area (Å²) in [6.07, 6.45) is 2.27. The van der Waals surface area contributed by atoms with Gasteiger partial charge in [0.2, 0.25) is 5.89 Å². The third-order valence-corrected chi connectivity index (χ3v) is 4.01. The molecule has 0 bridgehead atoms. The molecule has 112 valence electrons. The van der Waals surface area contributed by atoms with Crippen molar-refractivity contribution in [1.82, 2.24) is 15.0 Å². The maximum absolute atomic E-state index is 9.95. The van der Waals surface area contributed by atoms with E-state index in [1.54, 1.807) is 0 Å². The molecule has 1 aromatic carbocycles. The van der Waals surface area contributed by atoms with Crippen LogP contribution < -0.4 is 0 Å². The highest BCUT2D eigenvalue weighted by Gasteiger charge is 2.27. The zero-order valence-electron chi connectivity index (χ0n) is 12.3. The summed E-state index contributed by atoms with van der Waals surface area (Å²) in [4.78, 5) is 6.70. The summed E-state index contributed by atoms with van der Waals surface area (Å²) in [5, 5.41) is 14.0. The van der Waals surface area contributed by atoms with E-state index in [1.165, 1.54) is 5.56 Å². The Bertz CT molecular complexity index is 570. The molecule has 0 unspecified atom stereocenters. The minimum Gasteiger partial charge on any atom is -0.390 e. The molecule has 5 heteroatoms. The van der Waals surface area contributed by atoms with Crippen LogP contribution in [-0.2, 0) is 13.0 Å². The Morgan fingerprint density at radius 1 is 1.24 bits per heavy atom. The van der Waals surface area contributed by atoms with Crippen molar-refractivity contribution in [2.45, 2.75) is 38.3 Å². The molecule has 0 radical (unpaired) electrons. The van der Waals surface area contributed by atoms with Gasteiger partial charge < -0.3 is 9.63 Å². The number of aliphatic hydroxyl groups is 1. The average molecular weight is 287 g/mol. The van der Waals surface area contributed by atoms with Gasteiger partial charge in [-0.15, -0.1) is 0 Å². The van der Waals surface area contributed by atoms with Crippen molar-refractivity contribution < 1.29 is 9.63 Å². The van der Waals surface area contributed by atoms with Gasteiger partial charge in [0.25, 0.3) is 0 Å². The molecule has 1 saturated heterocycles. The van der Waals surface area contributed by atoms with Crippen LogP contribution in [0.2, 0.25) is 0 Å². The molecule has 0 amide bonds. The molecule has 1 aliphatic heterocycles. The highest BCUT2D eigenvalue weighted by atomic mass is 16.5. The first kappa shape index (κ1) is 14.2. The molecule has 0 atom stereocenters. The monoisotopic (exact) mass is 287 g/mol. The van der Waals surface area contributed by atoms with Crippen LogP contribution in [0.1, 0.15) is 37.0 Å². The number of hydrogen-bond acceptors (Lipinski definition) is 5. The molecular weight excluding hydrogens is 266 g/mol. The molecule has 1 fully saturated rings. The number of hydrogen-bond donors (Lipinski definition) is 1. The van der Waals surface area contributed by atoms with Gasteiger partial charge in [0, 0.05) is 19.5 Å². The van der Waals surface area contributed by atoms with Crippen LogP contribution in [0.4, 0.5) is 0 Å². The molecule has 21 heavy (non-hydrogen) atoms. The van der Waals surface area contributed by atoms with E-state index in [0.717, 1.165) is 31.8 Å². The zero-order valence-corrected chi connectivity index (χ0v) is 12.3. The Hall–Kier alpha value is -1.72.